The Labute approximate surface area is 161 Å². The van der Waals surface area contributed by atoms with Crippen molar-refractivity contribution in [2.24, 2.45) is 17.6 Å². The van der Waals surface area contributed by atoms with Gasteiger partial charge in [0.1, 0.15) is 5.41 Å². The average Bonchev–Trinajstić information content (AvgIpc) is 3.03. The predicted molar refractivity (Wildman–Crippen MR) is 107 cm³/mol. The van der Waals surface area contributed by atoms with Crippen LogP contribution in [-0.4, -0.2) is 35.4 Å². The van der Waals surface area contributed by atoms with Crippen LogP contribution in [0.4, 0.5) is 0 Å². The molecule has 3 fully saturated rings. The minimum absolute atomic E-state index is 0.315. The van der Waals surface area contributed by atoms with Crippen molar-refractivity contribution in [1.29, 1.82) is 0 Å². The van der Waals surface area contributed by atoms with Crippen molar-refractivity contribution >= 4 is 5.91 Å². The van der Waals surface area contributed by atoms with Crippen LogP contribution in [0.25, 0.3) is 0 Å². The number of nitrogens with zero attached hydrogens (tertiary/aromatic N) is 2. The highest BCUT2D eigenvalue weighted by Crippen LogP contribution is 2.37. The van der Waals surface area contributed by atoms with Gasteiger partial charge in [-0.25, -0.2) is 0 Å². The molecule has 4 nitrogen and oxygen atoms in total. The second-order valence-corrected chi connectivity index (χ2v) is 8.25. The lowest BCUT2D eigenvalue weighted by atomic mass is 9.73. The lowest BCUT2D eigenvalue weighted by Crippen LogP contribution is -2.46. The standard InChI is InChI=1S/C23H29N3O/c24-22(27)23(20-6-2-1-3-7-20,21-8-4-5-14-25-21)13-15-26-16-18-9-10-19(17-26)12-11-18/h1-8,14,18-19H,9-13,15-17H2,(H2,24,27). The molecule has 2 aliphatic heterocycles. The molecule has 1 saturated carbocycles. The third kappa shape index (κ3) is 3.63. The van der Waals surface area contributed by atoms with Crippen molar-refractivity contribution in [3.05, 3.63) is 66.0 Å². The van der Waals surface area contributed by atoms with E-state index in [-0.39, 0.29) is 5.91 Å². The fourth-order valence-electron chi connectivity index (χ4n) is 5.06. The van der Waals surface area contributed by atoms with Gasteiger partial charge in [-0.2, -0.15) is 0 Å². The Kier molecular flexibility index (Phi) is 5.26. The number of hydrogen-bond donors (Lipinski definition) is 1. The van der Waals surface area contributed by atoms with E-state index in [0.717, 1.165) is 42.7 Å². The molecule has 1 aliphatic carbocycles. The van der Waals surface area contributed by atoms with Gasteiger partial charge in [0, 0.05) is 19.3 Å². The fourth-order valence-corrected chi connectivity index (χ4v) is 5.06. The smallest absolute Gasteiger partial charge is 0.234 e. The number of rotatable bonds is 6. The molecule has 1 aromatic heterocycles. The van der Waals surface area contributed by atoms with Crippen molar-refractivity contribution in [2.75, 3.05) is 19.6 Å². The number of carbonyl (C=O) groups is 1. The Morgan fingerprint density at radius 1 is 1.00 bits per heavy atom. The minimum atomic E-state index is -0.881. The van der Waals surface area contributed by atoms with Crippen molar-refractivity contribution in [3.63, 3.8) is 0 Å². The summed E-state index contributed by atoms with van der Waals surface area (Å²) in [5, 5.41) is 0. The second kappa shape index (κ2) is 7.81. The number of benzene rings is 1. The van der Waals surface area contributed by atoms with Gasteiger partial charge in [0.15, 0.2) is 0 Å². The molecule has 1 amide bonds. The SMILES string of the molecule is NC(=O)C(CCN1CC2CCC(CC2)C1)(c1ccccc1)c1ccccn1. The van der Waals surface area contributed by atoms with Crippen LogP contribution in [0.1, 0.15) is 43.4 Å². The van der Waals surface area contributed by atoms with E-state index in [2.05, 4.69) is 9.88 Å². The number of amides is 1. The second-order valence-electron chi connectivity index (χ2n) is 8.25. The molecule has 2 bridgehead atoms. The van der Waals surface area contributed by atoms with Gasteiger partial charge < -0.3 is 10.6 Å². The largest absolute Gasteiger partial charge is 0.369 e. The summed E-state index contributed by atoms with van der Waals surface area (Å²) < 4.78 is 0. The highest BCUT2D eigenvalue weighted by molar-refractivity contribution is 5.90. The third-order valence-corrected chi connectivity index (χ3v) is 6.59. The van der Waals surface area contributed by atoms with E-state index in [0.29, 0.717) is 6.42 Å². The van der Waals surface area contributed by atoms with Crippen LogP contribution in [-0.2, 0) is 10.2 Å². The Balaban J connectivity index is 1.65. The molecule has 0 spiro atoms. The third-order valence-electron chi connectivity index (χ3n) is 6.59. The van der Waals surface area contributed by atoms with Crippen LogP contribution >= 0.6 is 0 Å². The Hall–Kier alpha value is -2.20. The zero-order valence-corrected chi connectivity index (χ0v) is 15.9. The summed E-state index contributed by atoms with van der Waals surface area (Å²) in [4.78, 5) is 20.0. The van der Waals surface area contributed by atoms with E-state index in [1.165, 1.54) is 25.7 Å². The molecule has 0 radical (unpaired) electrons. The average molecular weight is 364 g/mol. The minimum Gasteiger partial charge on any atom is -0.369 e. The molecule has 142 valence electrons. The van der Waals surface area contributed by atoms with Crippen LogP contribution in [0, 0.1) is 11.8 Å². The normalized spacial score (nSPS) is 24.9. The number of hydrogen-bond acceptors (Lipinski definition) is 3. The molecular formula is C23H29N3O. The summed E-state index contributed by atoms with van der Waals surface area (Å²) in [6.07, 6.45) is 7.87. The molecule has 5 rings (SSSR count). The summed E-state index contributed by atoms with van der Waals surface area (Å²) in [5.74, 6) is 1.32. The van der Waals surface area contributed by atoms with E-state index in [1.807, 2.05) is 48.5 Å². The van der Waals surface area contributed by atoms with Crippen LogP contribution < -0.4 is 5.73 Å². The van der Waals surface area contributed by atoms with E-state index in [4.69, 9.17) is 5.73 Å². The summed E-state index contributed by atoms with van der Waals surface area (Å²) in [5.41, 5.74) is 6.86. The summed E-state index contributed by atoms with van der Waals surface area (Å²) in [6, 6.07) is 15.7. The zero-order valence-electron chi connectivity index (χ0n) is 15.9. The van der Waals surface area contributed by atoms with Crippen LogP contribution in [0.5, 0.6) is 0 Å². The van der Waals surface area contributed by atoms with E-state index in [1.54, 1.807) is 6.20 Å². The lowest BCUT2D eigenvalue weighted by Gasteiger charge is -2.33. The van der Waals surface area contributed by atoms with Gasteiger partial charge in [0.2, 0.25) is 5.91 Å². The molecule has 2 N–H and O–H groups in total. The topological polar surface area (TPSA) is 59.2 Å². The molecule has 2 aromatic rings. The summed E-state index contributed by atoms with van der Waals surface area (Å²) >= 11 is 0. The Bertz CT molecular complexity index is 700. The maximum Gasteiger partial charge on any atom is 0.234 e. The van der Waals surface area contributed by atoms with Crippen LogP contribution in [0.15, 0.2) is 54.7 Å². The van der Waals surface area contributed by atoms with Crippen LogP contribution in [0.2, 0.25) is 0 Å². The number of aromatic nitrogens is 1. The molecule has 1 unspecified atom stereocenters. The quantitative estimate of drug-likeness (QED) is 0.856. The predicted octanol–water partition coefficient (Wildman–Crippen LogP) is 3.37. The summed E-state index contributed by atoms with van der Waals surface area (Å²) in [6.45, 7) is 3.19. The Morgan fingerprint density at radius 3 is 2.19 bits per heavy atom. The Morgan fingerprint density at radius 2 is 1.63 bits per heavy atom. The molecule has 1 aromatic carbocycles. The molecule has 27 heavy (non-hydrogen) atoms. The first kappa shape index (κ1) is 18.2. The van der Waals surface area contributed by atoms with Gasteiger partial charge in [-0.05, 0) is 68.2 Å². The first-order valence-electron chi connectivity index (χ1n) is 10.2. The zero-order chi connectivity index (χ0) is 18.7. The number of nitrogens with two attached hydrogens (primary N) is 1. The molecule has 3 aliphatic rings. The van der Waals surface area contributed by atoms with E-state index in [9.17, 15) is 4.79 Å². The van der Waals surface area contributed by atoms with Gasteiger partial charge in [-0.1, -0.05) is 36.4 Å². The summed E-state index contributed by atoms with van der Waals surface area (Å²) in [7, 11) is 0. The molecule has 3 heterocycles. The molecule has 4 heteroatoms. The highest BCUT2D eigenvalue weighted by atomic mass is 16.1. The molecule has 2 saturated heterocycles. The van der Waals surface area contributed by atoms with Gasteiger partial charge in [0.25, 0.3) is 0 Å². The first-order valence-corrected chi connectivity index (χ1v) is 10.2. The van der Waals surface area contributed by atoms with Gasteiger partial charge >= 0.3 is 0 Å². The van der Waals surface area contributed by atoms with Gasteiger partial charge in [0.05, 0.1) is 5.69 Å². The highest BCUT2D eigenvalue weighted by Gasteiger charge is 2.42. The van der Waals surface area contributed by atoms with Crippen molar-refractivity contribution in [3.8, 4) is 0 Å². The van der Waals surface area contributed by atoms with Gasteiger partial charge in [-0.3, -0.25) is 9.78 Å². The lowest BCUT2D eigenvalue weighted by molar-refractivity contribution is -0.122. The fraction of sp³-hybridized carbons (Fsp3) is 0.478. The molecular weight excluding hydrogens is 334 g/mol. The number of carbonyl (C=O) groups excluding carboxylic acids is 1. The van der Waals surface area contributed by atoms with Gasteiger partial charge in [-0.15, -0.1) is 0 Å². The monoisotopic (exact) mass is 363 g/mol. The van der Waals surface area contributed by atoms with E-state index >= 15 is 0 Å². The number of primary amides is 1. The van der Waals surface area contributed by atoms with Crippen molar-refractivity contribution < 1.29 is 4.79 Å². The molecule has 1 atom stereocenters. The maximum atomic E-state index is 12.9. The van der Waals surface area contributed by atoms with Crippen molar-refractivity contribution in [2.45, 2.75) is 37.5 Å². The number of pyridine rings is 1. The first-order chi connectivity index (χ1) is 13.2. The maximum absolute atomic E-state index is 12.9. The van der Waals surface area contributed by atoms with Crippen LogP contribution in [0.3, 0.4) is 0 Å². The van der Waals surface area contributed by atoms with Crippen molar-refractivity contribution in [1.82, 2.24) is 9.88 Å². The van der Waals surface area contributed by atoms with E-state index < -0.39 is 5.41 Å². The number of fused-ring (bicyclic) bond motifs is 4.